The van der Waals surface area contributed by atoms with Crippen LogP contribution in [0.3, 0.4) is 0 Å². The molecule has 0 spiro atoms. The molecule has 1 heterocycles. The van der Waals surface area contributed by atoms with Crippen LogP contribution in [0.5, 0.6) is 23.0 Å². The number of likely N-dealkylation sites (tertiary alicyclic amines) is 1. The number of halogens is 2. The Bertz CT molecular complexity index is 1200. The van der Waals surface area contributed by atoms with E-state index in [1.54, 1.807) is 25.3 Å². The first-order chi connectivity index (χ1) is 17.3. The summed E-state index contributed by atoms with van der Waals surface area (Å²) in [5, 5.41) is 11.6. The minimum absolute atomic E-state index is 0.00103. The second-order valence-electron chi connectivity index (χ2n) is 7.71. The number of benzene rings is 2. The number of methoxy groups -OCH3 is 5. The lowest BCUT2D eigenvalue weighted by atomic mass is 9.94. The molecule has 194 valence electrons. The highest BCUT2D eigenvalue weighted by Crippen LogP contribution is 2.49. The number of carbonyl (C=O) groups excluding carboxylic acids is 2. The van der Waals surface area contributed by atoms with Crippen molar-refractivity contribution in [2.45, 2.75) is 12.5 Å². The molecule has 11 heteroatoms. The quantitative estimate of drug-likeness (QED) is 0.204. The van der Waals surface area contributed by atoms with E-state index >= 15 is 0 Å². The number of Topliss-reactive ketones (excluding diaryl/α,β-unsaturated/α-hetero) is 1. The SMILES string of the molecule is COCCCN1C(=O)C(=O)/C(=C(/O)c2cc(Cl)c(OC)c(Cl)c2OC)C1c1cccc(OC)c1OC. The lowest BCUT2D eigenvalue weighted by Crippen LogP contribution is -2.31. The average molecular weight is 540 g/mol. The van der Waals surface area contributed by atoms with E-state index in [1.165, 1.54) is 39.4 Å². The molecular formula is C25H27Cl2NO8. The van der Waals surface area contributed by atoms with Gasteiger partial charge in [-0.1, -0.05) is 35.3 Å². The van der Waals surface area contributed by atoms with Crippen molar-refractivity contribution in [3.05, 3.63) is 51.0 Å². The minimum Gasteiger partial charge on any atom is -0.507 e. The summed E-state index contributed by atoms with van der Waals surface area (Å²) >= 11 is 12.7. The van der Waals surface area contributed by atoms with Gasteiger partial charge in [0.05, 0.1) is 50.6 Å². The van der Waals surface area contributed by atoms with Crippen molar-refractivity contribution in [3.63, 3.8) is 0 Å². The summed E-state index contributed by atoms with van der Waals surface area (Å²) in [6, 6.07) is 5.44. The van der Waals surface area contributed by atoms with Crippen molar-refractivity contribution in [2.24, 2.45) is 0 Å². The van der Waals surface area contributed by atoms with Gasteiger partial charge in [0.15, 0.2) is 23.0 Å². The molecular weight excluding hydrogens is 513 g/mol. The largest absolute Gasteiger partial charge is 0.507 e. The topological polar surface area (TPSA) is 104 Å². The van der Waals surface area contributed by atoms with Gasteiger partial charge in [0, 0.05) is 25.8 Å². The van der Waals surface area contributed by atoms with E-state index in [-0.39, 0.29) is 39.2 Å². The number of para-hydroxylation sites is 1. The monoisotopic (exact) mass is 539 g/mol. The molecule has 2 aromatic rings. The Balaban J connectivity index is 2.33. The van der Waals surface area contributed by atoms with Gasteiger partial charge in [0.1, 0.15) is 10.8 Å². The molecule has 0 saturated carbocycles. The number of ether oxygens (including phenoxy) is 5. The summed E-state index contributed by atoms with van der Waals surface area (Å²) in [5.74, 6) is -1.31. The zero-order valence-corrected chi connectivity index (χ0v) is 22.0. The van der Waals surface area contributed by atoms with E-state index in [2.05, 4.69) is 0 Å². The van der Waals surface area contributed by atoms with Crippen LogP contribution in [-0.2, 0) is 14.3 Å². The first-order valence-electron chi connectivity index (χ1n) is 10.9. The summed E-state index contributed by atoms with van der Waals surface area (Å²) in [5.41, 5.74) is 0.286. The lowest BCUT2D eigenvalue weighted by Gasteiger charge is -2.27. The van der Waals surface area contributed by atoms with Crippen LogP contribution >= 0.6 is 23.2 Å². The van der Waals surface area contributed by atoms with E-state index in [4.69, 9.17) is 46.9 Å². The van der Waals surface area contributed by atoms with Crippen molar-refractivity contribution in [1.29, 1.82) is 0 Å². The molecule has 1 saturated heterocycles. The summed E-state index contributed by atoms with van der Waals surface area (Å²) in [4.78, 5) is 27.9. The van der Waals surface area contributed by atoms with Crippen molar-refractivity contribution in [1.82, 2.24) is 4.90 Å². The number of carbonyl (C=O) groups is 2. The van der Waals surface area contributed by atoms with Gasteiger partial charge in [-0.3, -0.25) is 9.59 Å². The molecule has 3 rings (SSSR count). The van der Waals surface area contributed by atoms with Crippen LogP contribution in [0, 0.1) is 0 Å². The van der Waals surface area contributed by atoms with Crippen LogP contribution in [0.15, 0.2) is 29.8 Å². The van der Waals surface area contributed by atoms with Crippen molar-refractivity contribution < 1.29 is 38.4 Å². The molecule has 0 aromatic heterocycles. The second kappa shape index (κ2) is 11.7. The molecule has 1 atom stereocenters. The Kier molecular flexibility index (Phi) is 8.94. The number of hydrogen-bond donors (Lipinski definition) is 1. The average Bonchev–Trinajstić information content (AvgIpc) is 3.12. The Hall–Kier alpha value is -3.14. The van der Waals surface area contributed by atoms with E-state index in [0.717, 1.165) is 0 Å². The number of amides is 1. The molecule has 0 aliphatic carbocycles. The van der Waals surface area contributed by atoms with Crippen molar-refractivity contribution in [2.75, 3.05) is 48.7 Å². The predicted molar refractivity (Wildman–Crippen MR) is 135 cm³/mol. The van der Waals surface area contributed by atoms with Gasteiger partial charge < -0.3 is 33.7 Å². The summed E-state index contributed by atoms with van der Waals surface area (Å²) in [6.07, 6.45) is 0.454. The maximum absolute atomic E-state index is 13.3. The lowest BCUT2D eigenvalue weighted by molar-refractivity contribution is -0.140. The molecule has 36 heavy (non-hydrogen) atoms. The van der Waals surface area contributed by atoms with E-state index in [1.807, 2.05) is 0 Å². The van der Waals surface area contributed by atoms with Crippen LogP contribution < -0.4 is 18.9 Å². The van der Waals surface area contributed by atoms with Crippen LogP contribution in [0.25, 0.3) is 5.76 Å². The summed E-state index contributed by atoms with van der Waals surface area (Å²) in [6.45, 7) is 0.546. The molecule has 1 aliphatic rings. The Morgan fingerprint density at radius 1 is 0.972 bits per heavy atom. The van der Waals surface area contributed by atoms with Crippen LogP contribution in [0.4, 0.5) is 0 Å². The van der Waals surface area contributed by atoms with Crippen molar-refractivity contribution >= 4 is 40.7 Å². The van der Waals surface area contributed by atoms with Gasteiger partial charge in [-0.25, -0.2) is 0 Å². The first-order valence-corrected chi connectivity index (χ1v) is 11.6. The molecule has 1 aliphatic heterocycles. The zero-order valence-electron chi connectivity index (χ0n) is 20.5. The van der Waals surface area contributed by atoms with Crippen molar-refractivity contribution in [3.8, 4) is 23.0 Å². The highest BCUT2D eigenvalue weighted by molar-refractivity contribution is 6.47. The van der Waals surface area contributed by atoms with Crippen LogP contribution in [-0.4, -0.2) is 70.4 Å². The van der Waals surface area contributed by atoms with Gasteiger partial charge in [0.25, 0.3) is 11.7 Å². The predicted octanol–water partition coefficient (Wildman–Crippen LogP) is 4.49. The number of ketones is 1. The smallest absolute Gasteiger partial charge is 0.295 e. The van der Waals surface area contributed by atoms with Crippen LogP contribution in [0.1, 0.15) is 23.6 Å². The maximum Gasteiger partial charge on any atom is 0.295 e. The van der Waals surface area contributed by atoms with E-state index in [0.29, 0.717) is 30.1 Å². The Morgan fingerprint density at radius 3 is 2.22 bits per heavy atom. The Morgan fingerprint density at radius 2 is 1.64 bits per heavy atom. The minimum atomic E-state index is -1.00. The summed E-state index contributed by atoms with van der Waals surface area (Å²) in [7, 11) is 7.19. The highest BCUT2D eigenvalue weighted by atomic mass is 35.5. The number of nitrogens with zero attached hydrogens (tertiary/aromatic N) is 1. The van der Waals surface area contributed by atoms with Crippen LogP contribution in [0.2, 0.25) is 10.0 Å². The standard InChI is InChI=1S/C25H27Cl2NO8/c1-32-11-7-10-28-19(13-8-6-9-16(33-2)22(13)34-3)17(21(30)25(28)31)20(29)14-12-15(26)24(36-5)18(27)23(14)35-4/h6,8-9,12,19,29H,7,10-11H2,1-5H3/b20-17+. The number of hydrogen-bond acceptors (Lipinski definition) is 8. The molecule has 0 bridgehead atoms. The highest BCUT2D eigenvalue weighted by Gasteiger charge is 2.47. The van der Waals surface area contributed by atoms with Gasteiger partial charge in [0.2, 0.25) is 0 Å². The van der Waals surface area contributed by atoms with E-state index in [9.17, 15) is 14.7 Å². The molecule has 9 nitrogen and oxygen atoms in total. The fourth-order valence-corrected chi connectivity index (χ4v) is 4.92. The third kappa shape index (κ3) is 4.78. The third-order valence-corrected chi connectivity index (χ3v) is 6.43. The maximum atomic E-state index is 13.3. The van der Waals surface area contributed by atoms with Gasteiger partial charge in [-0.2, -0.15) is 0 Å². The number of rotatable bonds is 10. The normalized spacial score (nSPS) is 16.9. The zero-order chi connectivity index (χ0) is 26.6. The van der Waals surface area contributed by atoms with Gasteiger partial charge in [-0.05, 0) is 18.6 Å². The first kappa shape index (κ1) is 27.4. The number of aliphatic hydroxyl groups is 1. The molecule has 1 N–H and O–H groups in total. The fourth-order valence-electron chi connectivity index (χ4n) is 4.23. The second-order valence-corrected chi connectivity index (χ2v) is 8.49. The summed E-state index contributed by atoms with van der Waals surface area (Å²) < 4.78 is 26.8. The molecule has 2 aromatic carbocycles. The van der Waals surface area contributed by atoms with E-state index < -0.39 is 23.5 Å². The van der Waals surface area contributed by atoms with Gasteiger partial charge in [-0.15, -0.1) is 0 Å². The fraction of sp³-hybridized carbons (Fsp3) is 0.360. The van der Waals surface area contributed by atoms with Gasteiger partial charge >= 0.3 is 0 Å². The molecule has 0 radical (unpaired) electrons. The molecule has 1 unspecified atom stereocenters. The molecule has 1 fully saturated rings. The third-order valence-electron chi connectivity index (χ3n) is 5.81. The molecule has 1 amide bonds. The number of aliphatic hydroxyl groups excluding tert-OH is 1. The Labute approximate surface area is 219 Å².